The van der Waals surface area contributed by atoms with Crippen molar-refractivity contribution < 1.29 is 0 Å². The third-order valence-electron chi connectivity index (χ3n) is 2.57. The SMILES string of the molecule is CN(Cc1csc(Br)c1)c1nccc(CN)c1Cl. The van der Waals surface area contributed by atoms with E-state index in [0.717, 1.165) is 21.7 Å². The first kappa shape index (κ1) is 13.8. The van der Waals surface area contributed by atoms with E-state index in [2.05, 4.69) is 32.4 Å². The number of hydrogen-bond acceptors (Lipinski definition) is 4. The van der Waals surface area contributed by atoms with Gasteiger partial charge in [0.25, 0.3) is 0 Å². The molecule has 0 aliphatic rings. The summed E-state index contributed by atoms with van der Waals surface area (Å²) < 4.78 is 1.13. The highest BCUT2D eigenvalue weighted by Gasteiger charge is 2.11. The molecule has 96 valence electrons. The van der Waals surface area contributed by atoms with E-state index in [1.807, 2.05) is 18.0 Å². The quantitative estimate of drug-likeness (QED) is 0.918. The molecule has 2 aromatic heterocycles. The van der Waals surface area contributed by atoms with Gasteiger partial charge in [-0.3, -0.25) is 0 Å². The number of hydrogen-bond donors (Lipinski definition) is 1. The van der Waals surface area contributed by atoms with E-state index in [1.54, 1.807) is 17.5 Å². The van der Waals surface area contributed by atoms with Crippen LogP contribution in [0.25, 0.3) is 0 Å². The van der Waals surface area contributed by atoms with Crippen molar-refractivity contribution in [2.75, 3.05) is 11.9 Å². The van der Waals surface area contributed by atoms with E-state index in [9.17, 15) is 0 Å². The smallest absolute Gasteiger partial charge is 0.147 e. The van der Waals surface area contributed by atoms with E-state index >= 15 is 0 Å². The van der Waals surface area contributed by atoms with Crippen molar-refractivity contribution in [2.45, 2.75) is 13.1 Å². The second-order valence-electron chi connectivity index (χ2n) is 3.93. The zero-order valence-electron chi connectivity index (χ0n) is 9.86. The summed E-state index contributed by atoms with van der Waals surface area (Å²) >= 11 is 11.4. The fraction of sp³-hybridized carbons (Fsp3) is 0.250. The van der Waals surface area contributed by atoms with Crippen LogP contribution in [-0.2, 0) is 13.1 Å². The van der Waals surface area contributed by atoms with E-state index in [1.165, 1.54) is 5.56 Å². The van der Waals surface area contributed by atoms with Gasteiger partial charge in [0.15, 0.2) is 0 Å². The van der Waals surface area contributed by atoms with E-state index in [-0.39, 0.29) is 0 Å². The Labute approximate surface area is 124 Å². The van der Waals surface area contributed by atoms with Crippen molar-refractivity contribution >= 4 is 44.7 Å². The molecule has 2 aromatic rings. The van der Waals surface area contributed by atoms with Crippen molar-refractivity contribution in [3.63, 3.8) is 0 Å². The van der Waals surface area contributed by atoms with Gasteiger partial charge in [0.2, 0.25) is 0 Å². The van der Waals surface area contributed by atoms with Gasteiger partial charge in [-0.15, -0.1) is 11.3 Å². The van der Waals surface area contributed by atoms with Crippen LogP contribution in [0.15, 0.2) is 27.5 Å². The number of aromatic nitrogens is 1. The molecule has 0 bridgehead atoms. The zero-order valence-corrected chi connectivity index (χ0v) is 13.0. The Hall–Kier alpha value is -0.620. The molecule has 0 spiro atoms. The highest BCUT2D eigenvalue weighted by molar-refractivity contribution is 9.11. The molecule has 2 rings (SSSR count). The molecule has 3 nitrogen and oxygen atoms in total. The minimum atomic E-state index is 0.423. The molecule has 2 N–H and O–H groups in total. The Morgan fingerprint density at radius 2 is 2.33 bits per heavy atom. The summed E-state index contributed by atoms with van der Waals surface area (Å²) in [4.78, 5) is 6.34. The average molecular weight is 347 g/mol. The maximum absolute atomic E-state index is 6.28. The van der Waals surface area contributed by atoms with Gasteiger partial charge in [0, 0.05) is 26.3 Å². The van der Waals surface area contributed by atoms with Gasteiger partial charge in [-0.05, 0) is 44.6 Å². The summed E-state index contributed by atoms with van der Waals surface area (Å²) in [6.45, 7) is 1.19. The number of rotatable bonds is 4. The summed E-state index contributed by atoms with van der Waals surface area (Å²) in [6, 6.07) is 3.95. The fourth-order valence-electron chi connectivity index (χ4n) is 1.67. The number of anilines is 1. The molecule has 0 saturated heterocycles. The Balaban J connectivity index is 2.21. The maximum atomic E-state index is 6.28. The molecular weight excluding hydrogens is 334 g/mol. The topological polar surface area (TPSA) is 42.2 Å². The highest BCUT2D eigenvalue weighted by atomic mass is 79.9. The van der Waals surface area contributed by atoms with Crippen molar-refractivity contribution in [1.29, 1.82) is 0 Å². The number of pyridine rings is 1. The molecule has 0 saturated carbocycles. The molecule has 0 unspecified atom stereocenters. The first-order valence-electron chi connectivity index (χ1n) is 5.39. The summed E-state index contributed by atoms with van der Waals surface area (Å²) in [5.41, 5.74) is 7.78. The Morgan fingerprint density at radius 3 is 2.94 bits per heavy atom. The van der Waals surface area contributed by atoms with Gasteiger partial charge in [-0.1, -0.05) is 11.6 Å². The largest absolute Gasteiger partial charge is 0.354 e. The third-order valence-corrected chi connectivity index (χ3v) is 4.54. The zero-order chi connectivity index (χ0) is 13.1. The third kappa shape index (κ3) is 3.03. The van der Waals surface area contributed by atoms with Gasteiger partial charge in [-0.25, -0.2) is 4.98 Å². The number of nitrogens with two attached hydrogens (primary N) is 1. The molecule has 0 radical (unpaired) electrons. The highest BCUT2D eigenvalue weighted by Crippen LogP contribution is 2.28. The Morgan fingerprint density at radius 1 is 1.56 bits per heavy atom. The van der Waals surface area contributed by atoms with Crippen LogP contribution >= 0.6 is 38.9 Å². The molecule has 0 fully saturated rings. The average Bonchev–Trinajstić information content (AvgIpc) is 2.75. The second kappa shape index (κ2) is 6.02. The van der Waals surface area contributed by atoms with Gasteiger partial charge in [-0.2, -0.15) is 0 Å². The standard InChI is InChI=1S/C12H13BrClN3S/c1-17(6-8-4-10(13)18-7-8)12-11(14)9(5-15)2-3-16-12/h2-4,7H,5-6,15H2,1H3. The van der Waals surface area contributed by atoms with E-state index < -0.39 is 0 Å². The molecule has 2 heterocycles. The van der Waals surface area contributed by atoms with Gasteiger partial charge in [0.05, 0.1) is 8.81 Å². The van der Waals surface area contributed by atoms with Crippen molar-refractivity contribution in [1.82, 2.24) is 4.98 Å². The van der Waals surface area contributed by atoms with Gasteiger partial charge >= 0.3 is 0 Å². The van der Waals surface area contributed by atoms with Crippen LogP contribution in [0, 0.1) is 0 Å². The molecular formula is C12H13BrClN3S. The number of halogens is 2. The van der Waals surface area contributed by atoms with Crippen LogP contribution in [-0.4, -0.2) is 12.0 Å². The predicted octanol–water partition coefficient (Wildman–Crippen LogP) is 3.65. The lowest BCUT2D eigenvalue weighted by Gasteiger charge is -2.19. The van der Waals surface area contributed by atoms with Crippen LogP contribution in [0.1, 0.15) is 11.1 Å². The van der Waals surface area contributed by atoms with E-state index in [0.29, 0.717) is 11.6 Å². The monoisotopic (exact) mass is 345 g/mol. The predicted molar refractivity (Wildman–Crippen MR) is 81.3 cm³/mol. The van der Waals surface area contributed by atoms with Gasteiger partial charge in [0.1, 0.15) is 5.82 Å². The maximum Gasteiger partial charge on any atom is 0.147 e. The van der Waals surface area contributed by atoms with Crippen LogP contribution in [0.5, 0.6) is 0 Å². The van der Waals surface area contributed by atoms with Crippen molar-refractivity contribution in [3.05, 3.63) is 43.6 Å². The number of thiophene rings is 1. The Kier molecular flexibility index (Phi) is 4.61. The molecule has 18 heavy (non-hydrogen) atoms. The molecule has 0 aromatic carbocycles. The second-order valence-corrected chi connectivity index (χ2v) is 6.60. The first-order valence-corrected chi connectivity index (χ1v) is 7.44. The lowest BCUT2D eigenvalue weighted by molar-refractivity contribution is 0.896. The summed E-state index contributed by atoms with van der Waals surface area (Å²) in [5.74, 6) is 0.766. The summed E-state index contributed by atoms with van der Waals surface area (Å²) in [6.07, 6.45) is 1.74. The molecule has 0 aliphatic carbocycles. The fourth-order valence-corrected chi connectivity index (χ4v) is 3.21. The molecule has 0 atom stereocenters. The van der Waals surface area contributed by atoms with Crippen LogP contribution in [0.3, 0.4) is 0 Å². The lowest BCUT2D eigenvalue weighted by Crippen LogP contribution is -2.18. The van der Waals surface area contributed by atoms with Crippen molar-refractivity contribution in [3.8, 4) is 0 Å². The van der Waals surface area contributed by atoms with Gasteiger partial charge < -0.3 is 10.6 Å². The van der Waals surface area contributed by atoms with Crippen LogP contribution in [0.4, 0.5) is 5.82 Å². The van der Waals surface area contributed by atoms with Crippen LogP contribution in [0.2, 0.25) is 5.02 Å². The molecule has 0 aliphatic heterocycles. The molecule has 6 heteroatoms. The normalized spacial score (nSPS) is 10.7. The van der Waals surface area contributed by atoms with E-state index in [4.69, 9.17) is 17.3 Å². The van der Waals surface area contributed by atoms with Crippen molar-refractivity contribution in [2.24, 2.45) is 5.73 Å². The summed E-state index contributed by atoms with van der Waals surface area (Å²) in [5, 5.41) is 2.75. The minimum absolute atomic E-state index is 0.423. The first-order chi connectivity index (χ1) is 8.61. The number of nitrogens with zero attached hydrogens (tertiary/aromatic N) is 2. The van der Waals surface area contributed by atoms with Crippen LogP contribution < -0.4 is 10.6 Å². The lowest BCUT2D eigenvalue weighted by atomic mass is 10.2. The summed E-state index contributed by atoms with van der Waals surface area (Å²) in [7, 11) is 1.97. The Bertz CT molecular complexity index is 544. The minimum Gasteiger partial charge on any atom is -0.354 e. The molecule has 0 amide bonds.